The molecule has 0 radical (unpaired) electrons. The largest absolute Gasteiger partial charge is 0.385 e. The number of halogens is 1. The van der Waals surface area contributed by atoms with Crippen molar-refractivity contribution in [1.82, 2.24) is 4.98 Å². The molecule has 1 saturated heterocycles. The Kier molecular flexibility index (Phi) is 4.24. The van der Waals surface area contributed by atoms with Crippen LogP contribution in [0, 0.1) is 0 Å². The maximum Gasteiger partial charge on any atom is 0.252 e. The van der Waals surface area contributed by atoms with Crippen LogP contribution >= 0.6 is 11.6 Å². The number of hydrogen-bond acceptors (Lipinski definition) is 4. The smallest absolute Gasteiger partial charge is 0.252 e. The molecule has 2 aromatic rings. The van der Waals surface area contributed by atoms with Crippen LogP contribution in [0.15, 0.2) is 42.7 Å². The highest BCUT2D eigenvalue weighted by molar-refractivity contribution is 6.30. The molecule has 0 unspecified atom stereocenters. The first-order valence-electron chi connectivity index (χ1n) is 7.47. The second-order valence-electron chi connectivity index (χ2n) is 5.78. The van der Waals surface area contributed by atoms with Crippen LogP contribution in [0.2, 0.25) is 5.02 Å². The van der Waals surface area contributed by atoms with Gasteiger partial charge in [0.25, 0.3) is 5.91 Å². The number of aliphatic hydroxyl groups is 1. The average Bonchev–Trinajstić information content (AvgIpc) is 2.56. The number of hydrogen-bond donors (Lipinski definition) is 2. The van der Waals surface area contributed by atoms with Crippen molar-refractivity contribution >= 4 is 23.2 Å². The lowest BCUT2D eigenvalue weighted by molar-refractivity contribution is 0.0118. The summed E-state index contributed by atoms with van der Waals surface area (Å²) in [6, 6.07) is 9.08. The van der Waals surface area contributed by atoms with E-state index >= 15 is 0 Å². The molecule has 1 fully saturated rings. The Morgan fingerprint density at radius 3 is 2.48 bits per heavy atom. The number of benzene rings is 1. The fourth-order valence-electron chi connectivity index (χ4n) is 3.02. The van der Waals surface area contributed by atoms with E-state index in [1.165, 1.54) is 6.20 Å². The SMILES string of the molecule is NC(=O)c1cnccc1N1CCC(O)(c2ccc(Cl)cc2)CC1. The van der Waals surface area contributed by atoms with E-state index in [9.17, 15) is 9.90 Å². The van der Waals surface area contributed by atoms with Gasteiger partial charge in [-0.25, -0.2) is 0 Å². The van der Waals surface area contributed by atoms with Crippen LogP contribution in [0.4, 0.5) is 5.69 Å². The second-order valence-corrected chi connectivity index (χ2v) is 6.22. The minimum atomic E-state index is -0.874. The zero-order valence-electron chi connectivity index (χ0n) is 12.6. The number of carbonyl (C=O) groups excluding carboxylic acids is 1. The Labute approximate surface area is 139 Å². The van der Waals surface area contributed by atoms with Crippen molar-refractivity contribution in [2.75, 3.05) is 18.0 Å². The lowest BCUT2D eigenvalue weighted by atomic mass is 9.84. The molecule has 23 heavy (non-hydrogen) atoms. The first kappa shape index (κ1) is 15.8. The zero-order valence-corrected chi connectivity index (χ0v) is 13.3. The van der Waals surface area contributed by atoms with Crippen LogP contribution in [0.5, 0.6) is 0 Å². The summed E-state index contributed by atoms with van der Waals surface area (Å²) in [5.41, 5.74) is 6.58. The van der Waals surface area contributed by atoms with Crippen molar-refractivity contribution < 1.29 is 9.90 Å². The number of nitrogens with two attached hydrogens (primary N) is 1. The van der Waals surface area contributed by atoms with Crippen molar-refractivity contribution in [3.8, 4) is 0 Å². The van der Waals surface area contributed by atoms with E-state index in [0.717, 1.165) is 11.3 Å². The molecule has 120 valence electrons. The summed E-state index contributed by atoms with van der Waals surface area (Å²) in [4.78, 5) is 17.6. The molecule has 1 amide bonds. The molecule has 0 aliphatic carbocycles. The molecule has 1 aliphatic rings. The summed E-state index contributed by atoms with van der Waals surface area (Å²) >= 11 is 5.91. The molecule has 2 heterocycles. The third-order valence-electron chi connectivity index (χ3n) is 4.38. The molecular weight excluding hydrogens is 314 g/mol. The van der Waals surface area contributed by atoms with Gasteiger partial charge in [-0.3, -0.25) is 9.78 Å². The van der Waals surface area contributed by atoms with Crippen LogP contribution in [-0.2, 0) is 5.60 Å². The number of piperidine rings is 1. The van der Waals surface area contributed by atoms with Gasteiger partial charge in [0.05, 0.1) is 16.9 Å². The van der Waals surface area contributed by atoms with E-state index < -0.39 is 11.5 Å². The molecule has 6 heteroatoms. The highest BCUT2D eigenvalue weighted by atomic mass is 35.5. The Hall–Kier alpha value is -2.11. The van der Waals surface area contributed by atoms with Gasteiger partial charge in [0, 0.05) is 30.5 Å². The van der Waals surface area contributed by atoms with Crippen molar-refractivity contribution in [1.29, 1.82) is 0 Å². The first-order valence-corrected chi connectivity index (χ1v) is 7.84. The van der Waals surface area contributed by atoms with Gasteiger partial charge in [-0.2, -0.15) is 0 Å². The fraction of sp³-hybridized carbons (Fsp3) is 0.294. The summed E-state index contributed by atoms with van der Waals surface area (Å²) in [6.45, 7) is 1.26. The predicted octanol–water partition coefficient (Wildman–Crippen LogP) is 2.32. The van der Waals surface area contributed by atoms with Crippen molar-refractivity contribution in [3.63, 3.8) is 0 Å². The summed E-state index contributed by atoms with van der Waals surface area (Å²) in [5, 5.41) is 11.6. The molecule has 0 saturated carbocycles. The fourth-order valence-corrected chi connectivity index (χ4v) is 3.15. The summed E-state index contributed by atoms with van der Waals surface area (Å²) in [7, 11) is 0. The third-order valence-corrected chi connectivity index (χ3v) is 4.63. The van der Waals surface area contributed by atoms with Crippen molar-refractivity contribution in [2.24, 2.45) is 5.73 Å². The van der Waals surface area contributed by atoms with Crippen LogP contribution in [0.25, 0.3) is 0 Å². The maximum absolute atomic E-state index is 11.5. The first-order chi connectivity index (χ1) is 11.0. The zero-order chi connectivity index (χ0) is 16.4. The molecular formula is C17H18ClN3O2. The summed E-state index contributed by atoms with van der Waals surface area (Å²) in [6.07, 6.45) is 4.25. The van der Waals surface area contributed by atoms with Gasteiger partial charge in [-0.15, -0.1) is 0 Å². The van der Waals surface area contributed by atoms with Gasteiger partial charge in [-0.1, -0.05) is 23.7 Å². The lowest BCUT2D eigenvalue weighted by Gasteiger charge is -2.40. The number of carbonyl (C=O) groups is 1. The second kappa shape index (κ2) is 6.18. The molecule has 0 spiro atoms. The van der Waals surface area contributed by atoms with Crippen LogP contribution in [-0.4, -0.2) is 29.1 Å². The van der Waals surface area contributed by atoms with Gasteiger partial charge in [0.15, 0.2) is 0 Å². The van der Waals surface area contributed by atoms with Crippen LogP contribution < -0.4 is 10.6 Å². The number of anilines is 1. The normalized spacial score (nSPS) is 17.0. The van der Waals surface area contributed by atoms with E-state index in [1.54, 1.807) is 24.4 Å². The topological polar surface area (TPSA) is 79.5 Å². The minimum Gasteiger partial charge on any atom is -0.385 e. The summed E-state index contributed by atoms with van der Waals surface area (Å²) < 4.78 is 0. The van der Waals surface area contributed by atoms with Gasteiger partial charge in [0.1, 0.15) is 0 Å². The maximum atomic E-state index is 11.5. The standard InChI is InChI=1S/C17H18ClN3O2/c18-13-3-1-12(2-4-13)17(23)6-9-21(10-7-17)15-5-8-20-11-14(15)16(19)22/h1-5,8,11,23H,6-7,9-10H2,(H2,19,22). The number of primary amides is 1. The third kappa shape index (κ3) is 3.16. The molecule has 5 nitrogen and oxygen atoms in total. The Morgan fingerprint density at radius 2 is 1.87 bits per heavy atom. The molecule has 3 N–H and O–H groups in total. The Balaban J connectivity index is 1.78. The van der Waals surface area contributed by atoms with E-state index in [-0.39, 0.29) is 0 Å². The average molecular weight is 332 g/mol. The quantitative estimate of drug-likeness (QED) is 0.904. The molecule has 1 aliphatic heterocycles. The Morgan fingerprint density at radius 1 is 1.22 bits per heavy atom. The van der Waals surface area contributed by atoms with E-state index in [4.69, 9.17) is 17.3 Å². The number of rotatable bonds is 3. The minimum absolute atomic E-state index is 0.407. The van der Waals surface area contributed by atoms with E-state index in [2.05, 4.69) is 9.88 Å². The van der Waals surface area contributed by atoms with Crippen molar-refractivity contribution in [2.45, 2.75) is 18.4 Å². The number of aromatic nitrogens is 1. The molecule has 1 aromatic heterocycles. The van der Waals surface area contributed by atoms with Gasteiger partial charge < -0.3 is 15.7 Å². The molecule has 0 bridgehead atoms. The van der Waals surface area contributed by atoms with Gasteiger partial charge >= 0.3 is 0 Å². The predicted molar refractivity (Wildman–Crippen MR) is 89.6 cm³/mol. The number of amides is 1. The number of pyridine rings is 1. The summed E-state index contributed by atoms with van der Waals surface area (Å²) in [5.74, 6) is -0.494. The highest BCUT2D eigenvalue weighted by Crippen LogP contribution is 2.35. The van der Waals surface area contributed by atoms with E-state index in [1.807, 2.05) is 12.1 Å². The molecule has 0 atom stereocenters. The number of nitrogens with zero attached hydrogens (tertiary/aromatic N) is 2. The monoisotopic (exact) mass is 331 g/mol. The van der Waals surface area contributed by atoms with Crippen molar-refractivity contribution in [3.05, 3.63) is 58.9 Å². The van der Waals surface area contributed by atoms with E-state index in [0.29, 0.717) is 36.5 Å². The van der Waals surface area contributed by atoms with Gasteiger partial charge in [0.2, 0.25) is 0 Å². The van der Waals surface area contributed by atoms with Crippen LogP contribution in [0.1, 0.15) is 28.8 Å². The highest BCUT2D eigenvalue weighted by Gasteiger charge is 2.34. The molecule has 1 aromatic carbocycles. The molecule has 3 rings (SSSR count). The van der Waals surface area contributed by atoms with Gasteiger partial charge in [-0.05, 0) is 36.6 Å². The van der Waals surface area contributed by atoms with Crippen LogP contribution in [0.3, 0.4) is 0 Å². The lowest BCUT2D eigenvalue weighted by Crippen LogP contribution is -2.43. The Bertz CT molecular complexity index is 710.